The Bertz CT molecular complexity index is 1010. The predicted octanol–water partition coefficient (Wildman–Crippen LogP) is 4.29. The fourth-order valence-electron chi connectivity index (χ4n) is 2.60. The lowest BCUT2D eigenvalue weighted by Crippen LogP contribution is -1.97. The van der Waals surface area contributed by atoms with Gasteiger partial charge in [0, 0.05) is 17.4 Å². The largest absolute Gasteiger partial charge is 0.490 e. The Morgan fingerprint density at radius 3 is 2.74 bits per heavy atom. The molecule has 7 heteroatoms. The van der Waals surface area contributed by atoms with E-state index in [1.54, 1.807) is 18.3 Å². The molecular formula is C20H16N4O2S. The molecule has 0 atom stereocenters. The highest BCUT2D eigenvalue weighted by Crippen LogP contribution is 2.30. The van der Waals surface area contributed by atoms with Crippen LogP contribution in [-0.4, -0.2) is 24.4 Å². The molecule has 0 unspecified atom stereocenters. The molecule has 1 N–H and O–H groups in total. The minimum Gasteiger partial charge on any atom is -0.490 e. The van der Waals surface area contributed by atoms with Crippen LogP contribution in [0.3, 0.4) is 0 Å². The Kier molecular flexibility index (Phi) is 4.99. The topological polar surface area (TPSA) is 79.5 Å². The van der Waals surface area contributed by atoms with Gasteiger partial charge in [0.15, 0.2) is 11.5 Å². The van der Waals surface area contributed by atoms with Crippen molar-refractivity contribution >= 4 is 22.7 Å². The average Bonchev–Trinajstić information content (AvgIpc) is 3.05. The van der Waals surface area contributed by atoms with Crippen LogP contribution in [0, 0.1) is 11.3 Å². The number of hydrogen-bond donors (Lipinski definition) is 1. The van der Waals surface area contributed by atoms with E-state index in [0.29, 0.717) is 23.9 Å². The van der Waals surface area contributed by atoms with Crippen molar-refractivity contribution in [2.45, 2.75) is 6.42 Å². The van der Waals surface area contributed by atoms with Crippen molar-refractivity contribution in [1.29, 1.82) is 5.26 Å². The molecule has 0 amide bonds. The molecule has 0 aliphatic carbocycles. The molecule has 134 valence electrons. The number of rotatable bonds is 4. The third kappa shape index (κ3) is 4.07. The molecule has 27 heavy (non-hydrogen) atoms. The van der Waals surface area contributed by atoms with Gasteiger partial charge in [-0.25, -0.2) is 4.98 Å². The number of aromatic nitrogens is 1. The van der Waals surface area contributed by atoms with Crippen LogP contribution in [-0.2, 0) is 0 Å². The summed E-state index contributed by atoms with van der Waals surface area (Å²) in [6.45, 7) is 1.33. The zero-order chi connectivity index (χ0) is 18.5. The summed E-state index contributed by atoms with van der Waals surface area (Å²) in [5, 5.41) is 15.8. The van der Waals surface area contributed by atoms with Gasteiger partial charge in [0.1, 0.15) is 0 Å². The lowest BCUT2D eigenvalue weighted by atomic mass is 10.1. The summed E-state index contributed by atoms with van der Waals surface area (Å²) in [6, 6.07) is 15.2. The number of fused-ring (bicyclic) bond motifs is 1. The van der Waals surface area contributed by atoms with Crippen molar-refractivity contribution in [1.82, 2.24) is 4.98 Å². The normalized spacial score (nSPS) is 13.1. The molecule has 0 saturated carbocycles. The van der Waals surface area contributed by atoms with Gasteiger partial charge in [-0.3, -0.25) is 5.43 Å². The van der Waals surface area contributed by atoms with Crippen molar-refractivity contribution in [3.05, 3.63) is 59.0 Å². The first-order valence-electron chi connectivity index (χ1n) is 8.46. The minimum atomic E-state index is 0.632. The minimum absolute atomic E-state index is 0.632. The number of hydrazone groups is 1. The first-order chi connectivity index (χ1) is 13.3. The second-order valence-electron chi connectivity index (χ2n) is 5.85. The molecule has 2 aromatic carbocycles. The fraction of sp³-hybridized carbons (Fsp3) is 0.150. The molecule has 1 aliphatic heterocycles. The van der Waals surface area contributed by atoms with E-state index in [2.05, 4.69) is 21.6 Å². The van der Waals surface area contributed by atoms with Crippen molar-refractivity contribution < 1.29 is 9.47 Å². The highest BCUT2D eigenvalue weighted by atomic mass is 32.1. The molecule has 0 spiro atoms. The monoisotopic (exact) mass is 376 g/mol. The zero-order valence-corrected chi connectivity index (χ0v) is 15.2. The van der Waals surface area contributed by atoms with E-state index in [9.17, 15) is 0 Å². The van der Waals surface area contributed by atoms with Crippen molar-refractivity contribution in [2.24, 2.45) is 5.10 Å². The Labute approximate surface area is 160 Å². The van der Waals surface area contributed by atoms with Crippen LogP contribution < -0.4 is 14.9 Å². The van der Waals surface area contributed by atoms with Crippen molar-refractivity contribution in [3.63, 3.8) is 0 Å². The zero-order valence-electron chi connectivity index (χ0n) is 14.4. The van der Waals surface area contributed by atoms with Gasteiger partial charge in [0.25, 0.3) is 0 Å². The quantitative estimate of drug-likeness (QED) is 0.543. The van der Waals surface area contributed by atoms with Crippen LogP contribution in [0.2, 0.25) is 0 Å². The molecule has 1 aromatic heterocycles. The van der Waals surface area contributed by atoms with Gasteiger partial charge in [0.2, 0.25) is 5.13 Å². The second-order valence-corrected chi connectivity index (χ2v) is 6.71. The molecule has 3 aromatic rings. The number of thiazole rings is 1. The number of nitrogens with zero attached hydrogens (tertiary/aromatic N) is 3. The smallest absolute Gasteiger partial charge is 0.203 e. The van der Waals surface area contributed by atoms with Crippen molar-refractivity contribution in [3.8, 4) is 28.8 Å². The molecule has 4 rings (SSSR count). The first kappa shape index (κ1) is 17.1. The lowest BCUT2D eigenvalue weighted by Gasteiger charge is -2.07. The van der Waals surface area contributed by atoms with Crippen LogP contribution in [0.4, 0.5) is 5.13 Å². The molecule has 6 nitrogen and oxygen atoms in total. The van der Waals surface area contributed by atoms with Crippen LogP contribution in [0.25, 0.3) is 11.3 Å². The second kappa shape index (κ2) is 7.89. The molecule has 0 fully saturated rings. The van der Waals surface area contributed by atoms with Gasteiger partial charge >= 0.3 is 0 Å². The standard InChI is InChI=1S/C20H16N4O2S/c21-11-14-2-5-16(6-3-14)17-13-27-20(23-17)24-22-12-15-4-7-18-19(10-15)26-9-1-8-25-18/h2-7,10,12-13H,1,8-9H2,(H,23,24)/b22-12+. The maximum atomic E-state index is 8.87. The lowest BCUT2D eigenvalue weighted by molar-refractivity contribution is 0.297. The number of anilines is 1. The number of ether oxygens (including phenoxy) is 2. The average molecular weight is 376 g/mol. The summed E-state index contributed by atoms with van der Waals surface area (Å²) in [5.74, 6) is 1.51. The highest BCUT2D eigenvalue weighted by molar-refractivity contribution is 7.14. The van der Waals surface area contributed by atoms with Crippen LogP contribution in [0.15, 0.2) is 52.9 Å². The maximum absolute atomic E-state index is 8.87. The summed E-state index contributed by atoms with van der Waals surface area (Å²) >= 11 is 1.47. The summed E-state index contributed by atoms with van der Waals surface area (Å²) in [6.07, 6.45) is 2.60. The third-order valence-electron chi connectivity index (χ3n) is 3.96. The Morgan fingerprint density at radius 1 is 1.11 bits per heavy atom. The van der Waals surface area contributed by atoms with Crippen LogP contribution in [0.1, 0.15) is 17.5 Å². The molecular weight excluding hydrogens is 360 g/mol. The summed E-state index contributed by atoms with van der Waals surface area (Å²) in [5.41, 5.74) is 6.30. The van der Waals surface area contributed by atoms with Gasteiger partial charge in [-0.05, 0) is 35.9 Å². The first-order valence-corrected chi connectivity index (χ1v) is 9.34. The summed E-state index contributed by atoms with van der Waals surface area (Å²) in [7, 11) is 0. The van der Waals surface area contributed by atoms with Crippen LogP contribution in [0.5, 0.6) is 11.5 Å². The van der Waals surface area contributed by atoms with Crippen molar-refractivity contribution in [2.75, 3.05) is 18.6 Å². The van der Waals surface area contributed by atoms with E-state index in [0.717, 1.165) is 34.7 Å². The Morgan fingerprint density at radius 2 is 1.93 bits per heavy atom. The maximum Gasteiger partial charge on any atom is 0.203 e. The third-order valence-corrected chi connectivity index (χ3v) is 4.71. The number of hydrogen-bond acceptors (Lipinski definition) is 7. The Balaban J connectivity index is 1.42. The highest BCUT2D eigenvalue weighted by Gasteiger charge is 2.10. The van der Waals surface area contributed by atoms with E-state index in [4.69, 9.17) is 14.7 Å². The molecule has 1 aliphatic rings. The van der Waals surface area contributed by atoms with E-state index >= 15 is 0 Å². The summed E-state index contributed by atoms with van der Waals surface area (Å²) < 4.78 is 11.3. The van der Waals surface area contributed by atoms with E-state index in [-0.39, 0.29) is 0 Å². The number of nitriles is 1. The van der Waals surface area contributed by atoms with Gasteiger partial charge < -0.3 is 9.47 Å². The molecule has 0 saturated heterocycles. The van der Waals surface area contributed by atoms with Gasteiger partial charge in [-0.1, -0.05) is 12.1 Å². The van der Waals surface area contributed by atoms with Gasteiger partial charge in [-0.2, -0.15) is 10.4 Å². The number of benzene rings is 2. The van der Waals surface area contributed by atoms with Crippen LogP contribution >= 0.6 is 11.3 Å². The van der Waals surface area contributed by atoms with Gasteiger partial charge in [0.05, 0.1) is 36.8 Å². The fourth-order valence-corrected chi connectivity index (χ4v) is 3.26. The summed E-state index contributed by atoms with van der Waals surface area (Å²) in [4.78, 5) is 4.52. The molecule has 0 bridgehead atoms. The molecule has 0 radical (unpaired) electrons. The Hall–Kier alpha value is -3.37. The van der Waals surface area contributed by atoms with E-state index in [1.807, 2.05) is 35.7 Å². The molecule has 2 heterocycles. The predicted molar refractivity (Wildman–Crippen MR) is 106 cm³/mol. The number of nitrogens with one attached hydrogen (secondary N) is 1. The van der Waals surface area contributed by atoms with E-state index in [1.165, 1.54) is 11.3 Å². The SMILES string of the molecule is N#Cc1ccc(-c2csc(N/N=C/c3ccc4c(c3)OCCCO4)n2)cc1. The van der Waals surface area contributed by atoms with Gasteiger partial charge in [-0.15, -0.1) is 11.3 Å². The van der Waals surface area contributed by atoms with E-state index < -0.39 is 0 Å².